The van der Waals surface area contributed by atoms with E-state index in [2.05, 4.69) is 37.1 Å². The van der Waals surface area contributed by atoms with Gasteiger partial charge in [-0.3, -0.25) is 15.1 Å². The van der Waals surface area contributed by atoms with Crippen LogP contribution >= 0.6 is 0 Å². The zero-order chi connectivity index (χ0) is 20.2. The van der Waals surface area contributed by atoms with Gasteiger partial charge >= 0.3 is 0 Å². The second-order valence-electron chi connectivity index (χ2n) is 7.88. The summed E-state index contributed by atoms with van der Waals surface area (Å²) in [6.45, 7) is 5.76. The van der Waals surface area contributed by atoms with Crippen molar-refractivity contribution in [1.29, 1.82) is 5.41 Å². The molecule has 2 aliphatic rings. The minimum Gasteiger partial charge on any atom is -0.381 e. The highest BCUT2D eigenvalue weighted by Gasteiger charge is 2.34. The van der Waals surface area contributed by atoms with Crippen LogP contribution in [0, 0.1) is 17.2 Å². The molecule has 0 radical (unpaired) electrons. The monoisotopic (exact) mass is 397 g/mol. The number of amides is 1. The Labute approximate surface area is 169 Å². The first-order valence-corrected chi connectivity index (χ1v) is 10.1. The van der Waals surface area contributed by atoms with Crippen molar-refractivity contribution in [2.45, 2.75) is 32.2 Å². The highest BCUT2D eigenvalue weighted by molar-refractivity contribution is 6.05. The van der Waals surface area contributed by atoms with Gasteiger partial charge in [-0.05, 0) is 24.8 Å². The Balaban J connectivity index is 1.32. The Morgan fingerprint density at radius 3 is 2.79 bits per heavy atom. The number of carbonyl (C=O) groups is 1. The summed E-state index contributed by atoms with van der Waals surface area (Å²) >= 11 is 0. The number of likely N-dealkylation sites (tertiary alicyclic amines) is 1. The zero-order valence-corrected chi connectivity index (χ0v) is 16.6. The van der Waals surface area contributed by atoms with E-state index >= 15 is 0 Å². The minimum absolute atomic E-state index is 0.0273. The molecule has 29 heavy (non-hydrogen) atoms. The summed E-state index contributed by atoms with van der Waals surface area (Å²) in [7, 11) is 0. The van der Waals surface area contributed by atoms with Crippen LogP contribution < -0.4 is 5.32 Å². The van der Waals surface area contributed by atoms with Gasteiger partial charge in [-0.25, -0.2) is 15.0 Å². The number of carbonyl (C=O) groups excluding carboxylic acids is 1. The summed E-state index contributed by atoms with van der Waals surface area (Å²) in [5.74, 6) is 2.08. The SMILES string of the molecule is C[C@@H]1CN(Cc2ncccn2)C[C@H]1C(=N)NC(=O)c1cnc(C2CCOCC2)[nH]1. The van der Waals surface area contributed by atoms with E-state index in [4.69, 9.17) is 10.1 Å². The Morgan fingerprint density at radius 1 is 1.28 bits per heavy atom. The smallest absolute Gasteiger partial charge is 0.274 e. The molecule has 0 spiro atoms. The van der Waals surface area contributed by atoms with Gasteiger partial charge in [0.25, 0.3) is 5.91 Å². The molecule has 9 heteroatoms. The lowest BCUT2D eigenvalue weighted by atomic mass is 9.97. The third-order valence-corrected chi connectivity index (χ3v) is 5.74. The highest BCUT2D eigenvalue weighted by atomic mass is 16.5. The van der Waals surface area contributed by atoms with Crippen LogP contribution in [0.4, 0.5) is 0 Å². The number of ether oxygens (including phenoxy) is 1. The number of H-pyrrole nitrogens is 1. The number of nitrogens with zero attached hydrogens (tertiary/aromatic N) is 4. The van der Waals surface area contributed by atoms with Crippen LogP contribution in [0.3, 0.4) is 0 Å². The van der Waals surface area contributed by atoms with Gasteiger partial charge in [-0.15, -0.1) is 0 Å². The maximum Gasteiger partial charge on any atom is 0.274 e. The molecule has 2 atom stereocenters. The normalized spacial score (nSPS) is 23.2. The molecular formula is C20H27N7O2. The van der Waals surface area contributed by atoms with Gasteiger partial charge in [-0.1, -0.05) is 6.92 Å². The van der Waals surface area contributed by atoms with E-state index in [9.17, 15) is 4.79 Å². The summed E-state index contributed by atoms with van der Waals surface area (Å²) in [6, 6.07) is 1.80. The van der Waals surface area contributed by atoms with Crippen molar-refractivity contribution in [3.63, 3.8) is 0 Å². The van der Waals surface area contributed by atoms with Crippen molar-refractivity contribution in [3.8, 4) is 0 Å². The number of amidine groups is 1. The first-order valence-electron chi connectivity index (χ1n) is 10.1. The maximum absolute atomic E-state index is 12.6. The fourth-order valence-electron chi connectivity index (χ4n) is 4.10. The van der Waals surface area contributed by atoms with Gasteiger partial charge in [0.15, 0.2) is 0 Å². The quantitative estimate of drug-likeness (QED) is 0.520. The number of hydrogen-bond donors (Lipinski definition) is 3. The second kappa shape index (κ2) is 8.79. The van der Waals surface area contributed by atoms with Gasteiger partial charge in [0.1, 0.15) is 23.2 Å². The number of nitrogens with one attached hydrogen (secondary N) is 3. The van der Waals surface area contributed by atoms with E-state index in [1.807, 2.05) is 0 Å². The average Bonchev–Trinajstić information content (AvgIpc) is 3.36. The van der Waals surface area contributed by atoms with Crippen LogP contribution in [0.25, 0.3) is 0 Å². The molecule has 2 fully saturated rings. The molecule has 154 valence electrons. The van der Waals surface area contributed by atoms with Crippen molar-refractivity contribution < 1.29 is 9.53 Å². The van der Waals surface area contributed by atoms with Gasteiger partial charge in [-0.2, -0.15) is 0 Å². The standard InChI is InChI=1S/C20H27N7O2/c1-13-10-27(12-17-22-5-2-6-23-17)11-15(13)18(21)26-20(28)16-9-24-19(25-16)14-3-7-29-8-4-14/h2,5-6,9,13-15H,3-4,7-8,10-12H2,1H3,(H,24,25)(H2,21,26,28)/t13-,15-/m1/s1. The third-order valence-electron chi connectivity index (χ3n) is 5.74. The minimum atomic E-state index is -0.308. The zero-order valence-electron chi connectivity index (χ0n) is 16.6. The molecule has 0 saturated carbocycles. The highest BCUT2D eigenvalue weighted by Crippen LogP contribution is 2.25. The van der Waals surface area contributed by atoms with E-state index in [-0.39, 0.29) is 23.6 Å². The largest absolute Gasteiger partial charge is 0.381 e. The predicted molar refractivity (Wildman–Crippen MR) is 107 cm³/mol. The molecule has 2 saturated heterocycles. The molecule has 0 unspecified atom stereocenters. The van der Waals surface area contributed by atoms with E-state index in [1.165, 1.54) is 0 Å². The fourth-order valence-corrected chi connectivity index (χ4v) is 4.10. The van der Waals surface area contributed by atoms with E-state index in [0.29, 0.717) is 24.7 Å². The molecular weight excluding hydrogens is 370 g/mol. The van der Waals surface area contributed by atoms with Gasteiger partial charge in [0, 0.05) is 50.5 Å². The van der Waals surface area contributed by atoms with Gasteiger partial charge in [0.2, 0.25) is 0 Å². The third kappa shape index (κ3) is 4.68. The van der Waals surface area contributed by atoms with Crippen molar-refractivity contribution in [3.05, 3.63) is 42.0 Å². The molecule has 2 aliphatic heterocycles. The number of hydrogen-bond acceptors (Lipinski definition) is 7. The molecule has 0 aliphatic carbocycles. The molecule has 4 heterocycles. The lowest BCUT2D eigenvalue weighted by molar-refractivity contribution is 0.0837. The van der Waals surface area contributed by atoms with Gasteiger partial charge < -0.3 is 15.0 Å². The van der Waals surface area contributed by atoms with Crippen molar-refractivity contribution in [1.82, 2.24) is 30.2 Å². The number of aromatic amines is 1. The van der Waals surface area contributed by atoms with Crippen LogP contribution in [-0.2, 0) is 11.3 Å². The Hall–Kier alpha value is -2.65. The molecule has 1 amide bonds. The molecule has 4 rings (SSSR count). The molecule has 0 aromatic carbocycles. The van der Waals surface area contributed by atoms with Crippen LogP contribution in [0.1, 0.15) is 47.8 Å². The summed E-state index contributed by atoms with van der Waals surface area (Å²) < 4.78 is 5.38. The summed E-state index contributed by atoms with van der Waals surface area (Å²) in [5, 5.41) is 11.2. The molecule has 2 aromatic rings. The van der Waals surface area contributed by atoms with Crippen molar-refractivity contribution in [2.24, 2.45) is 11.8 Å². The topological polar surface area (TPSA) is 120 Å². The lowest BCUT2D eigenvalue weighted by Crippen LogP contribution is -2.38. The predicted octanol–water partition coefficient (Wildman–Crippen LogP) is 1.57. The van der Waals surface area contributed by atoms with E-state index in [1.54, 1.807) is 24.7 Å². The number of aromatic nitrogens is 4. The van der Waals surface area contributed by atoms with Crippen LogP contribution in [-0.4, -0.2) is 62.9 Å². The maximum atomic E-state index is 12.6. The van der Waals surface area contributed by atoms with E-state index in [0.717, 1.165) is 44.2 Å². The Kier molecular flexibility index (Phi) is 5.96. The number of rotatable bonds is 5. The number of imidazole rings is 1. The lowest BCUT2D eigenvalue weighted by Gasteiger charge is -2.19. The molecule has 0 bridgehead atoms. The molecule has 3 N–H and O–H groups in total. The van der Waals surface area contributed by atoms with Crippen molar-refractivity contribution in [2.75, 3.05) is 26.3 Å². The van der Waals surface area contributed by atoms with Crippen molar-refractivity contribution >= 4 is 11.7 Å². The summed E-state index contributed by atoms with van der Waals surface area (Å²) in [6.07, 6.45) is 6.85. The van der Waals surface area contributed by atoms with Crippen LogP contribution in [0.2, 0.25) is 0 Å². The first-order chi connectivity index (χ1) is 14.1. The average molecular weight is 397 g/mol. The first kappa shape index (κ1) is 19.7. The summed E-state index contributed by atoms with van der Waals surface area (Å²) in [5.41, 5.74) is 0.399. The molecule has 9 nitrogen and oxygen atoms in total. The van der Waals surface area contributed by atoms with Crippen LogP contribution in [0.5, 0.6) is 0 Å². The summed E-state index contributed by atoms with van der Waals surface area (Å²) in [4.78, 5) is 30.9. The Morgan fingerprint density at radius 2 is 2.03 bits per heavy atom. The Bertz CT molecular complexity index is 848. The van der Waals surface area contributed by atoms with Crippen LogP contribution in [0.15, 0.2) is 24.7 Å². The van der Waals surface area contributed by atoms with Gasteiger partial charge in [0.05, 0.1) is 12.7 Å². The molecule has 2 aromatic heterocycles. The fraction of sp³-hybridized carbons (Fsp3) is 0.550. The van der Waals surface area contributed by atoms with E-state index < -0.39 is 0 Å². The second-order valence-corrected chi connectivity index (χ2v) is 7.88.